The summed E-state index contributed by atoms with van der Waals surface area (Å²) in [6, 6.07) is 30.1. The molecule has 0 spiro atoms. The minimum Gasteiger partial charge on any atom is -0.486 e. The van der Waals surface area contributed by atoms with Crippen LogP contribution in [0.25, 0.3) is 11.4 Å². The van der Waals surface area contributed by atoms with Crippen molar-refractivity contribution in [3.63, 3.8) is 0 Å². The van der Waals surface area contributed by atoms with E-state index < -0.39 is 5.91 Å². The summed E-state index contributed by atoms with van der Waals surface area (Å²) in [5, 5.41) is 6.81. The standard InChI is InChI=1S/C39H36FN5O5/c1-25-5-6-26(2)44(25)32-11-15-34(16-12-32)48-23-36-19-20-37(50-36)39(47)43-41-22-29-21-27(3)45(28(29)4)33-13-17-35(18-14-33)49-24-38(46)42-31-9-7-30(40)8-10-31/h5-22H,23-24H2,1-4H3,(H,42,46)(H,43,47)/b41-22+. The van der Waals surface area contributed by atoms with Crippen LogP contribution < -0.4 is 20.2 Å². The van der Waals surface area contributed by atoms with Crippen LogP contribution in [0.2, 0.25) is 0 Å². The van der Waals surface area contributed by atoms with E-state index in [1.54, 1.807) is 30.5 Å². The first-order valence-corrected chi connectivity index (χ1v) is 15.9. The lowest BCUT2D eigenvalue weighted by molar-refractivity contribution is -0.118. The number of aromatic nitrogens is 2. The molecule has 0 atom stereocenters. The molecule has 10 nitrogen and oxygen atoms in total. The molecule has 2 amide bonds. The minimum absolute atomic E-state index is 0.121. The van der Waals surface area contributed by atoms with Crippen molar-refractivity contribution in [2.75, 3.05) is 11.9 Å². The Kier molecular flexibility index (Phi) is 9.94. The van der Waals surface area contributed by atoms with Crippen LogP contribution in [0.1, 0.15) is 44.7 Å². The van der Waals surface area contributed by atoms with Crippen molar-refractivity contribution >= 4 is 23.7 Å². The van der Waals surface area contributed by atoms with Crippen molar-refractivity contribution in [2.24, 2.45) is 5.10 Å². The van der Waals surface area contributed by atoms with Crippen molar-refractivity contribution in [1.29, 1.82) is 0 Å². The number of hydrogen-bond donors (Lipinski definition) is 2. The first kappa shape index (κ1) is 33.5. The summed E-state index contributed by atoms with van der Waals surface area (Å²) in [6.07, 6.45) is 1.58. The lowest BCUT2D eigenvalue weighted by Crippen LogP contribution is -2.20. The number of carbonyl (C=O) groups is 2. The number of ether oxygens (including phenoxy) is 2. The van der Waals surface area contributed by atoms with Gasteiger partial charge < -0.3 is 28.3 Å². The largest absolute Gasteiger partial charge is 0.486 e. The van der Waals surface area contributed by atoms with E-state index in [0.29, 0.717) is 22.9 Å². The van der Waals surface area contributed by atoms with Crippen LogP contribution in [0.4, 0.5) is 10.1 Å². The Bertz CT molecular complexity index is 2120. The van der Waals surface area contributed by atoms with Gasteiger partial charge in [-0.25, -0.2) is 9.82 Å². The molecule has 3 heterocycles. The Morgan fingerprint density at radius 2 is 1.38 bits per heavy atom. The van der Waals surface area contributed by atoms with Gasteiger partial charge >= 0.3 is 5.91 Å². The molecular weight excluding hydrogens is 637 g/mol. The number of nitrogens with one attached hydrogen (secondary N) is 2. The van der Waals surface area contributed by atoms with Crippen LogP contribution in [0.15, 0.2) is 113 Å². The van der Waals surface area contributed by atoms with Crippen molar-refractivity contribution in [3.8, 4) is 22.9 Å². The molecule has 6 rings (SSSR count). The smallest absolute Gasteiger partial charge is 0.307 e. The average Bonchev–Trinajstić information content (AvgIpc) is 3.81. The summed E-state index contributed by atoms with van der Waals surface area (Å²) < 4.78 is 34.5. The third-order valence-electron chi connectivity index (χ3n) is 8.07. The topological polar surface area (TPSA) is 112 Å². The second-order valence-electron chi connectivity index (χ2n) is 11.7. The van der Waals surface area contributed by atoms with Gasteiger partial charge in [-0.05, 0) is 131 Å². The van der Waals surface area contributed by atoms with Crippen molar-refractivity contribution in [1.82, 2.24) is 14.6 Å². The fourth-order valence-electron chi connectivity index (χ4n) is 5.60. The molecule has 50 heavy (non-hydrogen) atoms. The fourth-order valence-corrected chi connectivity index (χ4v) is 5.60. The summed E-state index contributed by atoms with van der Waals surface area (Å²) in [6.45, 7) is 8.04. The number of carbonyl (C=O) groups excluding carboxylic acids is 2. The van der Waals surface area contributed by atoms with Crippen molar-refractivity contribution in [2.45, 2.75) is 34.3 Å². The predicted molar refractivity (Wildman–Crippen MR) is 189 cm³/mol. The van der Waals surface area contributed by atoms with Crippen LogP contribution >= 0.6 is 0 Å². The number of aryl methyl sites for hydroxylation is 3. The second kappa shape index (κ2) is 14.8. The Balaban J connectivity index is 0.994. The van der Waals surface area contributed by atoms with E-state index in [0.717, 1.165) is 39.7 Å². The van der Waals surface area contributed by atoms with Gasteiger partial charge in [0.2, 0.25) is 0 Å². The van der Waals surface area contributed by atoms with Crippen LogP contribution in [-0.4, -0.2) is 33.8 Å². The molecule has 0 bridgehead atoms. The molecule has 0 unspecified atom stereocenters. The predicted octanol–water partition coefficient (Wildman–Crippen LogP) is 7.59. The normalized spacial score (nSPS) is 11.1. The van der Waals surface area contributed by atoms with Gasteiger partial charge in [0.05, 0.1) is 6.21 Å². The molecule has 0 aliphatic carbocycles. The van der Waals surface area contributed by atoms with E-state index in [1.807, 2.05) is 60.9 Å². The number of hydrazone groups is 1. The maximum Gasteiger partial charge on any atom is 0.307 e. The number of benzene rings is 3. The van der Waals surface area contributed by atoms with Crippen molar-refractivity contribution in [3.05, 3.63) is 149 Å². The van der Waals surface area contributed by atoms with Gasteiger partial charge in [-0.15, -0.1) is 0 Å². The highest BCUT2D eigenvalue weighted by atomic mass is 19.1. The molecule has 0 saturated heterocycles. The van der Waals surface area contributed by atoms with E-state index in [1.165, 1.54) is 24.3 Å². The quantitative estimate of drug-likeness (QED) is 0.103. The minimum atomic E-state index is -0.481. The van der Waals surface area contributed by atoms with Crippen LogP contribution in [-0.2, 0) is 11.4 Å². The fraction of sp³-hybridized carbons (Fsp3) is 0.154. The third kappa shape index (κ3) is 7.84. The molecule has 0 saturated carbocycles. The summed E-state index contributed by atoms with van der Waals surface area (Å²) >= 11 is 0. The molecule has 3 aromatic carbocycles. The van der Waals surface area contributed by atoms with Gasteiger partial charge in [0.15, 0.2) is 12.4 Å². The molecule has 3 aromatic heterocycles. The number of rotatable bonds is 12. The zero-order valence-corrected chi connectivity index (χ0v) is 28.1. The first-order valence-electron chi connectivity index (χ1n) is 15.9. The molecule has 0 fully saturated rings. The third-order valence-corrected chi connectivity index (χ3v) is 8.07. The average molecular weight is 674 g/mol. The SMILES string of the molecule is Cc1ccc(C)n1-c1ccc(OCc2ccc(C(=O)N/N=C/c3cc(C)n(-c4ccc(OCC(=O)Nc5ccc(F)cc5)cc4)c3C)o2)cc1. The second-order valence-corrected chi connectivity index (χ2v) is 11.7. The van der Waals surface area contributed by atoms with Gasteiger partial charge in [0, 0.05) is 45.4 Å². The molecule has 254 valence electrons. The van der Waals surface area contributed by atoms with Crippen LogP contribution in [0.5, 0.6) is 11.5 Å². The van der Waals surface area contributed by atoms with Crippen LogP contribution in [0, 0.1) is 33.5 Å². The number of anilines is 1. The van der Waals surface area contributed by atoms with Gasteiger partial charge in [-0.3, -0.25) is 9.59 Å². The van der Waals surface area contributed by atoms with E-state index in [9.17, 15) is 14.0 Å². The molecular formula is C39H36FN5O5. The number of hydrogen-bond acceptors (Lipinski definition) is 6. The molecule has 0 aliphatic rings. The summed E-state index contributed by atoms with van der Waals surface area (Å²) in [5.41, 5.74) is 9.97. The van der Waals surface area contributed by atoms with Crippen molar-refractivity contribution < 1.29 is 27.9 Å². The summed E-state index contributed by atoms with van der Waals surface area (Å²) in [5.74, 6) is 0.627. The lowest BCUT2D eigenvalue weighted by Gasteiger charge is -2.11. The Labute approximate surface area is 288 Å². The highest BCUT2D eigenvalue weighted by Gasteiger charge is 2.13. The number of halogens is 1. The number of amides is 2. The van der Waals surface area contributed by atoms with E-state index in [-0.39, 0.29) is 30.7 Å². The van der Waals surface area contributed by atoms with Gasteiger partial charge in [0.25, 0.3) is 5.91 Å². The molecule has 6 aromatic rings. The van der Waals surface area contributed by atoms with Gasteiger partial charge in [0.1, 0.15) is 29.7 Å². The first-order chi connectivity index (χ1) is 24.1. The molecule has 2 N–H and O–H groups in total. The summed E-state index contributed by atoms with van der Waals surface area (Å²) in [4.78, 5) is 24.9. The highest BCUT2D eigenvalue weighted by molar-refractivity contribution is 5.93. The molecule has 11 heteroatoms. The maximum atomic E-state index is 13.1. The van der Waals surface area contributed by atoms with E-state index in [2.05, 4.69) is 46.4 Å². The Hall–Kier alpha value is -6.36. The molecule has 0 aliphatic heterocycles. The monoisotopic (exact) mass is 673 g/mol. The highest BCUT2D eigenvalue weighted by Crippen LogP contribution is 2.23. The van der Waals surface area contributed by atoms with Gasteiger partial charge in [-0.1, -0.05) is 0 Å². The molecule has 0 radical (unpaired) electrons. The maximum absolute atomic E-state index is 13.1. The summed E-state index contributed by atoms with van der Waals surface area (Å²) in [7, 11) is 0. The van der Waals surface area contributed by atoms with E-state index in [4.69, 9.17) is 13.9 Å². The number of nitrogens with zero attached hydrogens (tertiary/aromatic N) is 3. The van der Waals surface area contributed by atoms with Crippen LogP contribution in [0.3, 0.4) is 0 Å². The Morgan fingerprint density at radius 3 is 2.04 bits per heavy atom. The number of furan rings is 1. The zero-order chi connectivity index (χ0) is 35.2. The lowest BCUT2D eigenvalue weighted by atomic mass is 10.2. The zero-order valence-electron chi connectivity index (χ0n) is 28.1. The Morgan fingerprint density at radius 1 is 0.760 bits per heavy atom. The van der Waals surface area contributed by atoms with Gasteiger partial charge in [-0.2, -0.15) is 5.10 Å². The van der Waals surface area contributed by atoms with E-state index >= 15 is 0 Å².